The zero-order chi connectivity index (χ0) is 13.1. The van der Waals surface area contributed by atoms with E-state index >= 15 is 0 Å². The maximum Gasteiger partial charge on any atom is 0.378 e. The average Bonchev–Trinajstić information content (AvgIpc) is 2.13. The molecule has 0 bridgehead atoms. The molecule has 0 spiro atoms. The molecule has 0 aromatic heterocycles. The van der Waals surface area contributed by atoms with E-state index in [0.717, 1.165) is 0 Å². The second kappa shape index (κ2) is 5.13. The van der Waals surface area contributed by atoms with Gasteiger partial charge >= 0.3 is 23.6 Å². The van der Waals surface area contributed by atoms with Crippen molar-refractivity contribution in [3.63, 3.8) is 0 Å². The minimum Gasteiger partial charge on any atom is -0.480 e. The number of aliphatic carboxylic acids is 1. The summed E-state index contributed by atoms with van der Waals surface area (Å²) in [4.78, 5) is 10.1. The molecule has 0 aliphatic carbocycles. The Hall–Kier alpha value is -0.640. The van der Waals surface area contributed by atoms with Gasteiger partial charge in [0.15, 0.2) is 0 Å². The number of hydrogen-bond donors (Lipinski definition) is 2. The normalized spacial score (nSPS) is 15.2. The van der Waals surface area contributed by atoms with Crippen LogP contribution in [0.25, 0.3) is 0 Å². The fraction of sp³-hybridized carbons (Fsp3) is 0.833. The highest BCUT2D eigenvalue weighted by molar-refractivity contribution is 8.00. The van der Waals surface area contributed by atoms with Crippen LogP contribution in [0.4, 0.5) is 26.3 Å². The van der Waals surface area contributed by atoms with Crippen molar-refractivity contribution in [3.05, 3.63) is 0 Å². The molecule has 0 aromatic carbocycles. The molecule has 0 fully saturated rings. The van der Waals surface area contributed by atoms with E-state index in [9.17, 15) is 31.1 Å². The van der Waals surface area contributed by atoms with Crippen LogP contribution in [0.15, 0.2) is 0 Å². The van der Waals surface area contributed by atoms with Crippen LogP contribution >= 0.6 is 11.8 Å². The SMILES string of the molecule is NC(CSC(F)(F)C(F)(F)C(F)F)C(=O)O. The Kier molecular flexibility index (Phi) is 4.92. The summed E-state index contributed by atoms with van der Waals surface area (Å²) in [6.45, 7) is 0. The smallest absolute Gasteiger partial charge is 0.378 e. The van der Waals surface area contributed by atoms with Crippen LogP contribution in [0.1, 0.15) is 0 Å². The van der Waals surface area contributed by atoms with Gasteiger partial charge in [-0.2, -0.15) is 17.6 Å². The molecule has 10 heteroatoms. The minimum atomic E-state index is -5.53. The van der Waals surface area contributed by atoms with Crippen molar-refractivity contribution < 1.29 is 36.2 Å². The summed E-state index contributed by atoms with van der Waals surface area (Å²) in [7, 11) is 0. The number of carbonyl (C=O) groups is 1. The number of alkyl halides is 6. The van der Waals surface area contributed by atoms with Gasteiger partial charge in [0.1, 0.15) is 6.04 Å². The Bertz CT molecular complexity index is 261. The largest absolute Gasteiger partial charge is 0.480 e. The second-order valence-electron chi connectivity index (χ2n) is 2.70. The Morgan fingerprint density at radius 2 is 1.75 bits per heavy atom. The summed E-state index contributed by atoms with van der Waals surface area (Å²) in [6, 6.07) is -1.83. The number of rotatable bonds is 6. The lowest BCUT2D eigenvalue weighted by Gasteiger charge is -2.25. The van der Waals surface area contributed by atoms with Crippen molar-refractivity contribution in [1.82, 2.24) is 0 Å². The van der Waals surface area contributed by atoms with Crippen LogP contribution in [0, 0.1) is 0 Å². The van der Waals surface area contributed by atoms with Crippen LogP contribution in [-0.4, -0.2) is 40.5 Å². The van der Waals surface area contributed by atoms with Gasteiger partial charge < -0.3 is 10.8 Å². The number of carboxylic acid groups (broad SMARTS) is 1. The number of nitrogens with two attached hydrogens (primary N) is 1. The highest BCUT2D eigenvalue weighted by Gasteiger charge is 2.63. The molecular weight excluding hydrogens is 264 g/mol. The molecule has 0 aliphatic heterocycles. The highest BCUT2D eigenvalue weighted by atomic mass is 32.2. The quantitative estimate of drug-likeness (QED) is 0.721. The summed E-state index contributed by atoms with van der Waals surface area (Å²) < 4.78 is 72.9. The van der Waals surface area contributed by atoms with Crippen LogP contribution in [0.2, 0.25) is 0 Å². The molecule has 0 aromatic rings. The van der Waals surface area contributed by atoms with E-state index in [0.29, 0.717) is 0 Å². The highest BCUT2D eigenvalue weighted by Crippen LogP contribution is 2.46. The second-order valence-corrected chi connectivity index (χ2v) is 3.83. The fourth-order valence-corrected chi connectivity index (χ4v) is 1.30. The van der Waals surface area contributed by atoms with Gasteiger partial charge in [0.05, 0.1) is 0 Å². The Morgan fingerprint density at radius 1 is 1.31 bits per heavy atom. The molecule has 0 radical (unpaired) electrons. The lowest BCUT2D eigenvalue weighted by molar-refractivity contribution is -0.221. The number of carboxylic acids is 1. The first kappa shape index (κ1) is 15.4. The molecule has 0 aliphatic rings. The predicted molar refractivity (Wildman–Crippen MR) is 44.0 cm³/mol. The number of thioether (sulfide) groups is 1. The molecule has 1 atom stereocenters. The Balaban J connectivity index is 4.52. The molecule has 0 saturated carbocycles. The predicted octanol–water partition coefficient (Wildman–Crippen LogP) is 1.62. The zero-order valence-electron chi connectivity index (χ0n) is 7.47. The van der Waals surface area contributed by atoms with Crippen molar-refractivity contribution in [2.75, 3.05) is 5.75 Å². The third-order valence-electron chi connectivity index (χ3n) is 1.42. The molecule has 16 heavy (non-hydrogen) atoms. The molecule has 0 saturated heterocycles. The van der Waals surface area contributed by atoms with Crippen molar-refractivity contribution in [2.24, 2.45) is 5.73 Å². The standard InChI is InChI=1S/C6H7F6NO2S/c7-4(8)5(9,10)6(11,12)16-1-2(13)3(14)15/h2,4H,1,13H2,(H,14,15). The molecule has 96 valence electrons. The third-order valence-corrected chi connectivity index (χ3v) is 2.58. The maximum atomic E-state index is 12.6. The van der Waals surface area contributed by atoms with Crippen LogP contribution < -0.4 is 5.73 Å². The minimum absolute atomic E-state index is 0.919. The van der Waals surface area contributed by atoms with Gasteiger partial charge in [-0.15, -0.1) is 0 Å². The van der Waals surface area contributed by atoms with E-state index in [-0.39, 0.29) is 0 Å². The number of hydrogen-bond acceptors (Lipinski definition) is 3. The van der Waals surface area contributed by atoms with Crippen LogP contribution in [-0.2, 0) is 4.79 Å². The summed E-state index contributed by atoms with van der Waals surface area (Å²) in [6.07, 6.45) is -4.55. The lowest BCUT2D eigenvalue weighted by Crippen LogP contribution is -2.45. The third kappa shape index (κ3) is 3.44. The monoisotopic (exact) mass is 271 g/mol. The van der Waals surface area contributed by atoms with E-state index in [4.69, 9.17) is 10.8 Å². The van der Waals surface area contributed by atoms with E-state index in [1.165, 1.54) is 0 Å². The van der Waals surface area contributed by atoms with Gasteiger partial charge in [-0.1, -0.05) is 11.8 Å². The van der Waals surface area contributed by atoms with Crippen molar-refractivity contribution in [1.29, 1.82) is 0 Å². The molecule has 3 N–H and O–H groups in total. The van der Waals surface area contributed by atoms with Crippen molar-refractivity contribution in [2.45, 2.75) is 23.6 Å². The summed E-state index contributed by atoms with van der Waals surface area (Å²) in [5.74, 6) is -8.33. The average molecular weight is 271 g/mol. The lowest BCUT2D eigenvalue weighted by atomic mass is 10.4. The molecule has 1 unspecified atom stereocenters. The summed E-state index contributed by atoms with van der Waals surface area (Å²) >= 11 is -0.919. The molecule has 0 rings (SSSR count). The van der Waals surface area contributed by atoms with Crippen molar-refractivity contribution in [3.8, 4) is 0 Å². The van der Waals surface area contributed by atoms with Gasteiger partial charge in [0.25, 0.3) is 0 Å². The first-order valence-corrected chi connectivity index (χ1v) is 4.67. The maximum absolute atomic E-state index is 12.6. The first-order valence-electron chi connectivity index (χ1n) is 3.68. The van der Waals surface area contributed by atoms with Gasteiger partial charge in [-0.3, -0.25) is 4.79 Å². The Morgan fingerprint density at radius 3 is 2.06 bits per heavy atom. The molecule has 0 heterocycles. The summed E-state index contributed by atoms with van der Waals surface area (Å²) in [5, 5.41) is 3.10. The topological polar surface area (TPSA) is 63.3 Å². The zero-order valence-corrected chi connectivity index (χ0v) is 8.29. The number of halogens is 6. The van der Waals surface area contributed by atoms with Crippen molar-refractivity contribution >= 4 is 17.7 Å². The van der Waals surface area contributed by atoms with Gasteiger partial charge in [-0.25, -0.2) is 8.78 Å². The van der Waals surface area contributed by atoms with Crippen LogP contribution in [0.5, 0.6) is 0 Å². The van der Waals surface area contributed by atoms with E-state index in [2.05, 4.69) is 0 Å². The van der Waals surface area contributed by atoms with Gasteiger partial charge in [0.2, 0.25) is 0 Å². The van der Waals surface area contributed by atoms with Gasteiger partial charge in [0, 0.05) is 5.75 Å². The first-order chi connectivity index (χ1) is 7.02. The van der Waals surface area contributed by atoms with E-state index < -0.39 is 47.1 Å². The fourth-order valence-electron chi connectivity index (χ4n) is 0.489. The summed E-state index contributed by atoms with van der Waals surface area (Å²) in [5.41, 5.74) is 4.76. The Labute approximate surface area is 90.0 Å². The van der Waals surface area contributed by atoms with Gasteiger partial charge in [-0.05, 0) is 0 Å². The molecule has 0 amide bonds. The van der Waals surface area contributed by atoms with Crippen LogP contribution in [0.3, 0.4) is 0 Å². The van der Waals surface area contributed by atoms with E-state index in [1.807, 2.05) is 0 Å². The van der Waals surface area contributed by atoms with E-state index in [1.54, 1.807) is 0 Å². The molecule has 3 nitrogen and oxygen atoms in total. The molecular formula is C6H7F6NO2S.